The Morgan fingerprint density at radius 1 is 1.32 bits per heavy atom. The van der Waals surface area contributed by atoms with Gasteiger partial charge >= 0.3 is 0 Å². The van der Waals surface area contributed by atoms with Crippen molar-refractivity contribution in [1.29, 1.82) is 0 Å². The predicted molar refractivity (Wildman–Crippen MR) is 98.0 cm³/mol. The van der Waals surface area contributed by atoms with E-state index >= 15 is 0 Å². The minimum atomic E-state index is -0.716. The number of nitrogens with one attached hydrogen (secondary N) is 1. The fourth-order valence-electron chi connectivity index (χ4n) is 1.87. The van der Waals surface area contributed by atoms with Crippen LogP contribution < -0.4 is 14.9 Å². The molecule has 25 heavy (non-hydrogen) atoms. The lowest BCUT2D eigenvalue weighted by atomic mass is 10.2. The molecule has 0 heterocycles. The third kappa shape index (κ3) is 5.87. The zero-order valence-corrected chi connectivity index (χ0v) is 14.4. The molecule has 0 aliphatic heterocycles. The van der Waals surface area contributed by atoms with Crippen molar-refractivity contribution in [2.45, 2.75) is 13.0 Å². The molecule has 0 aromatic heterocycles. The maximum absolute atomic E-state index is 12.0. The standard InChI is InChI=1S/C19H17ClN2O3/c1-3-12-24-18-7-5-4-6-15(18)13-21-22-19(23)14(2)25-17-10-8-16(20)9-11-17/h1,4-11,13-14H,12H2,2H3,(H,22,23). The van der Waals surface area contributed by atoms with Crippen LogP contribution in [-0.2, 0) is 4.79 Å². The molecule has 1 unspecified atom stereocenters. The van der Waals surface area contributed by atoms with Gasteiger partial charge in [-0.3, -0.25) is 4.79 Å². The van der Waals surface area contributed by atoms with Crippen LogP contribution >= 0.6 is 11.6 Å². The average molecular weight is 357 g/mol. The van der Waals surface area contributed by atoms with Crippen molar-refractivity contribution >= 4 is 23.7 Å². The van der Waals surface area contributed by atoms with Crippen molar-refractivity contribution in [3.8, 4) is 23.8 Å². The third-order valence-corrected chi connectivity index (χ3v) is 3.36. The molecule has 0 bridgehead atoms. The van der Waals surface area contributed by atoms with E-state index in [0.717, 1.165) is 0 Å². The zero-order valence-electron chi connectivity index (χ0n) is 13.6. The van der Waals surface area contributed by atoms with Gasteiger partial charge in [-0.05, 0) is 43.3 Å². The van der Waals surface area contributed by atoms with Crippen LogP contribution in [0.3, 0.4) is 0 Å². The van der Waals surface area contributed by atoms with Crippen molar-refractivity contribution in [3.63, 3.8) is 0 Å². The van der Waals surface area contributed by atoms with Gasteiger partial charge in [0, 0.05) is 10.6 Å². The number of carbonyl (C=O) groups is 1. The number of amides is 1. The molecule has 128 valence electrons. The highest BCUT2D eigenvalue weighted by atomic mass is 35.5. The lowest BCUT2D eigenvalue weighted by molar-refractivity contribution is -0.127. The van der Waals surface area contributed by atoms with Crippen molar-refractivity contribution in [3.05, 3.63) is 59.1 Å². The summed E-state index contributed by atoms with van der Waals surface area (Å²) in [6, 6.07) is 14.0. The molecule has 0 aliphatic rings. The number of ether oxygens (including phenoxy) is 2. The molecule has 0 saturated heterocycles. The molecule has 2 aromatic rings. The molecule has 0 spiro atoms. The molecule has 2 rings (SSSR count). The minimum Gasteiger partial charge on any atom is -0.481 e. The maximum atomic E-state index is 12.0. The number of para-hydroxylation sites is 1. The molecule has 2 aromatic carbocycles. The summed E-state index contributed by atoms with van der Waals surface area (Å²) >= 11 is 5.81. The average Bonchev–Trinajstić information content (AvgIpc) is 2.62. The van der Waals surface area contributed by atoms with E-state index in [0.29, 0.717) is 22.1 Å². The van der Waals surface area contributed by atoms with Crippen LogP contribution in [0.1, 0.15) is 12.5 Å². The van der Waals surface area contributed by atoms with Crippen LogP contribution in [0.25, 0.3) is 0 Å². The summed E-state index contributed by atoms with van der Waals surface area (Å²) in [5.41, 5.74) is 3.13. The highest BCUT2D eigenvalue weighted by molar-refractivity contribution is 6.30. The molecule has 1 N–H and O–H groups in total. The second-order valence-corrected chi connectivity index (χ2v) is 5.42. The minimum absolute atomic E-state index is 0.156. The summed E-state index contributed by atoms with van der Waals surface area (Å²) in [7, 11) is 0. The normalized spacial score (nSPS) is 11.6. The number of hydrogen-bond acceptors (Lipinski definition) is 4. The Morgan fingerprint density at radius 2 is 2.04 bits per heavy atom. The maximum Gasteiger partial charge on any atom is 0.280 e. The number of carbonyl (C=O) groups excluding carboxylic acids is 1. The van der Waals surface area contributed by atoms with Gasteiger partial charge < -0.3 is 9.47 Å². The summed E-state index contributed by atoms with van der Waals surface area (Å²) in [5.74, 6) is 3.15. The molecule has 0 saturated carbocycles. The van der Waals surface area contributed by atoms with Gasteiger partial charge in [0.1, 0.15) is 18.1 Å². The first-order valence-corrected chi connectivity index (χ1v) is 7.88. The predicted octanol–water partition coefficient (Wildman–Crippen LogP) is 3.27. The smallest absolute Gasteiger partial charge is 0.280 e. The number of hydrogen-bond donors (Lipinski definition) is 1. The van der Waals surface area contributed by atoms with Gasteiger partial charge in [-0.2, -0.15) is 5.10 Å². The fourth-order valence-corrected chi connectivity index (χ4v) is 1.99. The van der Waals surface area contributed by atoms with E-state index in [2.05, 4.69) is 16.4 Å². The van der Waals surface area contributed by atoms with E-state index in [-0.39, 0.29) is 12.5 Å². The third-order valence-electron chi connectivity index (χ3n) is 3.10. The summed E-state index contributed by atoms with van der Waals surface area (Å²) in [5, 5.41) is 4.53. The lowest BCUT2D eigenvalue weighted by Gasteiger charge is -2.12. The van der Waals surface area contributed by atoms with E-state index in [4.69, 9.17) is 27.5 Å². The Balaban J connectivity index is 1.91. The van der Waals surface area contributed by atoms with Gasteiger partial charge in [-0.15, -0.1) is 6.42 Å². The fraction of sp³-hybridized carbons (Fsp3) is 0.158. The Morgan fingerprint density at radius 3 is 2.76 bits per heavy atom. The summed E-state index contributed by atoms with van der Waals surface area (Å²) in [4.78, 5) is 12.0. The molecule has 0 aliphatic carbocycles. The second-order valence-electron chi connectivity index (χ2n) is 4.98. The van der Waals surface area contributed by atoms with Crippen LogP contribution in [0.5, 0.6) is 11.5 Å². The zero-order chi connectivity index (χ0) is 18.1. The summed E-state index contributed by atoms with van der Waals surface area (Å²) in [6.07, 6.45) is 5.95. The first-order valence-electron chi connectivity index (χ1n) is 7.50. The van der Waals surface area contributed by atoms with Gasteiger partial charge in [-0.25, -0.2) is 5.43 Å². The highest BCUT2D eigenvalue weighted by Crippen LogP contribution is 2.17. The summed E-state index contributed by atoms with van der Waals surface area (Å²) in [6.45, 7) is 1.78. The first-order chi connectivity index (χ1) is 12.1. The molecule has 1 amide bonds. The molecular weight excluding hydrogens is 340 g/mol. The van der Waals surface area contributed by atoms with Crippen LogP contribution in [0.2, 0.25) is 5.02 Å². The van der Waals surface area contributed by atoms with Crippen molar-refractivity contribution in [2.24, 2.45) is 5.10 Å². The van der Waals surface area contributed by atoms with Crippen molar-refractivity contribution < 1.29 is 14.3 Å². The number of hydrazone groups is 1. The van der Waals surface area contributed by atoms with Crippen LogP contribution in [0.15, 0.2) is 53.6 Å². The van der Waals surface area contributed by atoms with Gasteiger partial charge in [0.25, 0.3) is 5.91 Å². The number of nitrogens with zero attached hydrogens (tertiary/aromatic N) is 1. The van der Waals surface area contributed by atoms with Crippen LogP contribution in [0.4, 0.5) is 0 Å². The van der Waals surface area contributed by atoms with E-state index in [1.165, 1.54) is 6.21 Å². The van der Waals surface area contributed by atoms with Gasteiger partial charge in [0.2, 0.25) is 0 Å². The van der Waals surface area contributed by atoms with Crippen LogP contribution in [-0.4, -0.2) is 24.8 Å². The van der Waals surface area contributed by atoms with E-state index < -0.39 is 6.10 Å². The first kappa shape index (κ1) is 18.4. The van der Waals surface area contributed by atoms with Gasteiger partial charge in [-0.1, -0.05) is 29.7 Å². The largest absolute Gasteiger partial charge is 0.481 e. The summed E-state index contributed by atoms with van der Waals surface area (Å²) < 4.78 is 10.9. The SMILES string of the molecule is C#CCOc1ccccc1C=NNC(=O)C(C)Oc1ccc(Cl)cc1. The van der Waals surface area contributed by atoms with E-state index in [9.17, 15) is 4.79 Å². The molecular formula is C19H17ClN2O3. The number of terminal acetylenes is 1. The van der Waals surface area contributed by atoms with Crippen LogP contribution in [0, 0.1) is 12.3 Å². The quantitative estimate of drug-likeness (QED) is 0.470. The highest BCUT2D eigenvalue weighted by Gasteiger charge is 2.13. The molecule has 0 fully saturated rings. The lowest BCUT2D eigenvalue weighted by Crippen LogP contribution is -2.33. The van der Waals surface area contributed by atoms with Crippen molar-refractivity contribution in [2.75, 3.05) is 6.61 Å². The Kier molecular flexibility index (Phi) is 6.87. The Labute approximate surface area is 151 Å². The van der Waals surface area contributed by atoms with Gasteiger partial charge in [0.05, 0.1) is 6.21 Å². The second kappa shape index (κ2) is 9.36. The van der Waals surface area contributed by atoms with E-state index in [1.54, 1.807) is 43.3 Å². The number of halogens is 1. The Hall–Kier alpha value is -2.97. The van der Waals surface area contributed by atoms with Crippen molar-refractivity contribution in [1.82, 2.24) is 5.43 Å². The molecule has 6 heteroatoms. The Bertz CT molecular complexity index is 782. The molecule has 0 radical (unpaired) electrons. The number of benzene rings is 2. The molecule has 5 nitrogen and oxygen atoms in total. The number of rotatable bonds is 7. The molecule has 1 atom stereocenters. The monoisotopic (exact) mass is 356 g/mol. The van der Waals surface area contributed by atoms with Gasteiger partial charge in [0.15, 0.2) is 6.10 Å². The topological polar surface area (TPSA) is 59.9 Å². The van der Waals surface area contributed by atoms with E-state index in [1.807, 2.05) is 12.1 Å².